The second-order valence-corrected chi connectivity index (χ2v) is 3.89. The van der Waals surface area contributed by atoms with Crippen molar-refractivity contribution in [3.8, 4) is 0 Å². The van der Waals surface area contributed by atoms with Gasteiger partial charge in [-0.2, -0.15) is 0 Å². The fourth-order valence-electron chi connectivity index (χ4n) is 2.34. The summed E-state index contributed by atoms with van der Waals surface area (Å²) < 4.78 is 0. The van der Waals surface area contributed by atoms with Gasteiger partial charge in [-0.3, -0.25) is 0 Å². The van der Waals surface area contributed by atoms with Crippen LogP contribution in [0.3, 0.4) is 0 Å². The Balaban J connectivity index is 2.37. The first-order valence-electron chi connectivity index (χ1n) is 5.13. The smallest absolute Gasteiger partial charge is 0.00954 e. The summed E-state index contributed by atoms with van der Waals surface area (Å²) in [6, 6.07) is 0.764. The van der Waals surface area contributed by atoms with Crippen LogP contribution in [0.1, 0.15) is 33.1 Å². The lowest BCUT2D eigenvalue weighted by molar-refractivity contribution is 0.359. The molecule has 0 radical (unpaired) electrons. The summed E-state index contributed by atoms with van der Waals surface area (Å²) in [5.41, 5.74) is 0. The van der Waals surface area contributed by atoms with Gasteiger partial charge in [-0.1, -0.05) is 19.9 Å². The maximum absolute atomic E-state index is 3.81. The Labute approximate surface area is 76.2 Å². The predicted octanol–water partition coefficient (Wildman–Crippen LogP) is 2.59. The first-order chi connectivity index (χ1) is 5.79. The molecule has 1 heteroatoms. The zero-order valence-corrected chi connectivity index (χ0v) is 8.34. The minimum atomic E-state index is 0.764. The van der Waals surface area contributed by atoms with Crippen LogP contribution >= 0.6 is 0 Å². The van der Waals surface area contributed by atoms with Crippen LogP contribution in [0.2, 0.25) is 0 Å². The molecule has 12 heavy (non-hydrogen) atoms. The Bertz CT molecular complexity index is 142. The second-order valence-electron chi connectivity index (χ2n) is 3.89. The van der Waals surface area contributed by atoms with Gasteiger partial charge in [0, 0.05) is 6.04 Å². The Morgan fingerprint density at radius 3 is 2.83 bits per heavy atom. The van der Waals surface area contributed by atoms with Crippen LogP contribution in [0.4, 0.5) is 0 Å². The minimum absolute atomic E-state index is 0.764. The van der Waals surface area contributed by atoms with Crippen LogP contribution < -0.4 is 5.32 Å². The fraction of sp³-hybridized carbons (Fsp3) is 0.818. The summed E-state index contributed by atoms with van der Waals surface area (Å²) in [5.74, 6) is 1.72. The van der Waals surface area contributed by atoms with Gasteiger partial charge in [-0.15, -0.1) is 6.58 Å². The standard InChI is InChI=1S/C11H21N/c1-4-6-10-7-8-11(9(10)3)12-5-2/h4,9-12H,1,5-8H2,2-3H3. The average Bonchev–Trinajstić information content (AvgIpc) is 2.38. The molecule has 1 N–H and O–H groups in total. The first kappa shape index (κ1) is 9.79. The van der Waals surface area contributed by atoms with Gasteiger partial charge in [0.05, 0.1) is 0 Å². The van der Waals surface area contributed by atoms with Crippen LogP contribution in [-0.4, -0.2) is 12.6 Å². The molecule has 0 saturated heterocycles. The number of nitrogens with one attached hydrogen (secondary N) is 1. The van der Waals surface area contributed by atoms with Crippen LogP contribution in [-0.2, 0) is 0 Å². The van der Waals surface area contributed by atoms with Crippen LogP contribution in [0.5, 0.6) is 0 Å². The van der Waals surface area contributed by atoms with Crippen molar-refractivity contribution in [2.75, 3.05) is 6.54 Å². The average molecular weight is 167 g/mol. The van der Waals surface area contributed by atoms with Gasteiger partial charge in [0.25, 0.3) is 0 Å². The van der Waals surface area contributed by atoms with E-state index in [1.54, 1.807) is 0 Å². The second kappa shape index (κ2) is 4.66. The molecule has 0 aromatic heterocycles. The predicted molar refractivity (Wildman–Crippen MR) is 54.2 cm³/mol. The minimum Gasteiger partial charge on any atom is -0.314 e. The van der Waals surface area contributed by atoms with Crippen molar-refractivity contribution < 1.29 is 0 Å². The van der Waals surface area contributed by atoms with E-state index in [4.69, 9.17) is 0 Å². The van der Waals surface area contributed by atoms with Gasteiger partial charge in [0.2, 0.25) is 0 Å². The number of hydrogen-bond acceptors (Lipinski definition) is 1. The molecule has 0 aromatic carbocycles. The van der Waals surface area contributed by atoms with Gasteiger partial charge < -0.3 is 5.32 Å². The third-order valence-electron chi connectivity index (χ3n) is 3.16. The molecule has 0 spiro atoms. The molecule has 3 unspecified atom stereocenters. The molecule has 0 aromatic rings. The van der Waals surface area contributed by atoms with Crippen molar-refractivity contribution in [3.63, 3.8) is 0 Å². The van der Waals surface area contributed by atoms with Gasteiger partial charge >= 0.3 is 0 Å². The van der Waals surface area contributed by atoms with E-state index in [0.29, 0.717) is 0 Å². The summed E-state index contributed by atoms with van der Waals surface area (Å²) in [6.07, 6.45) is 6.00. The highest BCUT2D eigenvalue weighted by molar-refractivity contribution is 4.89. The summed E-state index contributed by atoms with van der Waals surface area (Å²) in [6.45, 7) is 9.47. The summed E-state index contributed by atoms with van der Waals surface area (Å²) in [4.78, 5) is 0. The van der Waals surface area contributed by atoms with E-state index in [-0.39, 0.29) is 0 Å². The molecule has 0 heterocycles. The maximum Gasteiger partial charge on any atom is 0.00954 e. The number of allylic oxidation sites excluding steroid dienone is 1. The molecule has 0 amide bonds. The van der Waals surface area contributed by atoms with E-state index in [0.717, 1.165) is 24.4 Å². The van der Waals surface area contributed by atoms with Gasteiger partial charge in [-0.05, 0) is 37.6 Å². The number of hydrogen-bond donors (Lipinski definition) is 1. The lowest BCUT2D eigenvalue weighted by atomic mass is 9.93. The SMILES string of the molecule is C=CCC1CCC(NCC)C1C. The molecule has 3 atom stereocenters. The number of rotatable bonds is 4. The monoisotopic (exact) mass is 167 g/mol. The Morgan fingerprint density at radius 1 is 1.50 bits per heavy atom. The van der Waals surface area contributed by atoms with E-state index in [2.05, 4.69) is 31.8 Å². The third-order valence-corrected chi connectivity index (χ3v) is 3.16. The summed E-state index contributed by atoms with van der Waals surface area (Å²) in [5, 5.41) is 3.55. The highest BCUT2D eigenvalue weighted by Gasteiger charge is 2.30. The van der Waals surface area contributed by atoms with Crippen molar-refractivity contribution >= 4 is 0 Å². The zero-order chi connectivity index (χ0) is 8.97. The Hall–Kier alpha value is -0.300. The molecule has 1 aliphatic rings. The molecule has 1 fully saturated rings. The van der Waals surface area contributed by atoms with Crippen LogP contribution in [0, 0.1) is 11.8 Å². The topological polar surface area (TPSA) is 12.0 Å². The molecule has 70 valence electrons. The first-order valence-corrected chi connectivity index (χ1v) is 5.13. The molecule has 1 rings (SSSR count). The van der Waals surface area contributed by atoms with Crippen molar-refractivity contribution in [1.82, 2.24) is 5.32 Å². The third kappa shape index (κ3) is 2.10. The van der Waals surface area contributed by atoms with Crippen LogP contribution in [0.25, 0.3) is 0 Å². The van der Waals surface area contributed by atoms with Crippen molar-refractivity contribution in [3.05, 3.63) is 12.7 Å². The zero-order valence-electron chi connectivity index (χ0n) is 8.34. The normalized spacial score (nSPS) is 35.3. The molecule has 0 bridgehead atoms. The molecule has 1 aliphatic carbocycles. The maximum atomic E-state index is 3.81. The highest BCUT2D eigenvalue weighted by Crippen LogP contribution is 2.34. The van der Waals surface area contributed by atoms with Gasteiger partial charge in [-0.25, -0.2) is 0 Å². The quantitative estimate of drug-likeness (QED) is 0.635. The van der Waals surface area contributed by atoms with Crippen molar-refractivity contribution in [2.24, 2.45) is 11.8 Å². The van der Waals surface area contributed by atoms with E-state index >= 15 is 0 Å². The van der Waals surface area contributed by atoms with Crippen molar-refractivity contribution in [2.45, 2.75) is 39.2 Å². The van der Waals surface area contributed by atoms with E-state index in [9.17, 15) is 0 Å². The largest absolute Gasteiger partial charge is 0.314 e. The molecule has 0 aliphatic heterocycles. The lowest BCUT2D eigenvalue weighted by Crippen LogP contribution is -2.32. The van der Waals surface area contributed by atoms with Gasteiger partial charge in [0.15, 0.2) is 0 Å². The summed E-state index contributed by atoms with van der Waals surface area (Å²) >= 11 is 0. The van der Waals surface area contributed by atoms with E-state index < -0.39 is 0 Å². The van der Waals surface area contributed by atoms with Crippen LogP contribution in [0.15, 0.2) is 12.7 Å². The van der Waals surface area contributed by atoms with Crippen molar-refractivity contribution in [1.29, 1.82) is 0 Å². The van der Waals surface area contributed by atoms with Gasteiger partial charge in [0.1, 0.15) is 0 Å². The molecule has 1 saturated carbocycles. The Kier molecular flexibility index (Phi) is 3.80. The fourth-order valence-corrected chi connectivity index (χ4v) is 2.34. The lowest BCUT2D eigenvalue weighted by Gasteiger charge is -2.20. The molecular formula is C11H21N. The Morgan fingerprint density at radius 2 is 2.25 bits per heavy atom. The van der Waals surface area contributed by atoms with E-state index in [1.807, 2.05) is 0 Å². The highest BCUT2D eigenvalue weighted by atomic mass is 14.9. The summed E-state index contributed by atoms with van der Waals surface area (Å²) in [7, 11) is 0. The van der Waals surface area contributed by atoms with E-state index in [1.165, 1.54) is 19.3 Å². The molecular weight excluding hydrogens is 146 g/mol. The molecule has 1 nitrogen and oxygen atoms in total.